The summed E-state index contributed by atoms with van der Waals surface area (Å²) in [5, 5.41) is 21.7. The highest BCUT2D eigenvalue weighted by Gasteiger charge is 2.34. The maximum absolute atomic E-state index is 13.5. The van der Waals surface area contributed by atoms with E-state index in [-0.39, 0.29) is 30.7 Å². The van der Waals surface area contributed by atoms with Gasteiger partial charge in [-0.05, 0) is 73.3 Å². The number of thioether (sulfide) groups is 1. The Morgan fingerprint density at radius 3 is 2.69 bits per heavy atom. The number of rotatable bonds is 9. The van der Waals surface area contributed by atoms with Crippen molar-refractivity contribution in [3.8, 4) is 11.5 Å². The zero-order valence-electron chi connectivity index (χ0n) is 22.4. The molecule has 2 N–H and O–H groups in total. The van der Waals surface area contributed by atoms with E-state index in [1.807, 2.05) is 37.3 Å². The summed E-state index contributed by atoms with van der Waals surface area (Å²) in [6, 6.07) is 23.1. The van der Waals surface area contributed by atoms with E-state index in [0.29, 0.717) is 38.4 Å². The van der Waals surface area contributed by atoms with Gasteiger partial charge < -0.3 is 19.6 Å². The minimum atomic E-state index is -0.305. The maximum Gasteiger partial charge on any atom is 0.267 e. The molecular formula is C31H25BrN4O5S. The second-order valence-electron chi connectivity index (χ2n) is 9.15. The number of carbonyl (C=O) groups is 2. The van der Waals surface area contributed by atoms with E-state index in [4.69, 9.17) is 9.15 Å². The van der Waals surface area contributed by atoms with Crippen LogP contribution < -0.4 is 10.1 Å². The third-order valence-electron chi connectivity index (χ3n) is 6.01. The monoisotopic (exact) mass is 644 g/mol. The van der Waals surface area contributed by atoms with E-state index >= 15 is 0 Å². The van der Waals surface area contributed by atoms with E-state index in [1.165, 1.54) is 17.4 Å². The van der Waals surface area contributed by atoms with Crippen molar-refractivity contribution >= 4 is 62.7 Å². The Morgan fingerprint density at radius 2 is 1.90 bits per heavy atom. The lowest BCUT2D eigenvalue weighted by molar-refractivity contribution is -0.122. The molecule has 1 aliphatic rings. The summed E-state index contributed by atoms with van der Waals surface area (Å²) in [5.74, 6) is 0.483. The van der Waals surface area contributed by atoms with E-state index in [2.05, 4.69) is 31.4 Å². The number of ether oxygens (including phenoxy) is 1. The van der Waals surface area contributed by atoms with Gasteiger partial charge in [0.1, 0.15) is 17.3 Å². The number of para-hydroxylation sites is 1. The molecule has 3 aromatic carbocycles. The highest BCUT2D eigenvalue weighted by atomic mass is 79.9. The number of anilines is 1. The Bertz CT molecular complexity index is 1680. The van der Waals surface area contributed by atoms with Crippen LogP contribution >= 0.6 is 27.7 Å². The minimum Gasteiger partial charge on any atom is -0.507 e. The Kier molecular flexibility index (Phi) is 9.20. The van der Waals surface area contributed by atoms with Gasteiger partial charge in [-0.2, -0.15) is 5.10 Å². The van der Waals surface area contributed by atoms with Gasteiger partial charge in [0, 0.05) is 21.3 Å². The van der Waals surface area contributed by atoms with Crippen molar-refractivity contribution in [2.45, 2.75) is 13.5 Å². The number of carbonyl (C=O) groups excluding carboxylic acids is 2. The number of phenols is 1. The molecule has 212 valence electrons. The third-order valence-corrected chi connectivity index (χ3v) is 7.50. The smallest absolute Gasteiger partial charge is 0.267 e. The molecule has 0 radical (unpaired) electrons. The number of amides is 2. The normalized spacial score (nSPS) is 15.2. The first-order valence-corrected chi connectivity index (χ1v) is 14.4. The molecule has 1 saturated heterocycles. The predicted octanol–water partition coefficient (Wildman–Crippen LogP) is 6.58. The molecule has 1 aliphatic heterocycles. The SMILES string of the molecule is Cc1ccc(NC(=O)COc2ccccc2/C=C2\S/C(=N/N=C\c3cc(Br)ccc3O)N(Cc3ccco3)C2=O)cc1. The summed E-state index contributed by atoms with van der Waals surface area (Å²) < 4.78 is 12.1. The molecule has 2 heterocycles. The average molecular weight is 646 g/mol. The van der Waals surface area contributed by atoms with E-state index in [9.17, 15) is 14.7 Å². The van der Waals surface area contributed by atoms with Crippen molar-refractivity contribution in [1.29, 1.82) is 0 Å². The molecule has 11 heteroatoms. The number of hydrogen-bond acceptors (Lipinski definition) is 8. The average Bonchev–Trinajstić information content (AvgIpc) is 3.60. The lowest BCUT2D eigenvalue weighted by Gasteiger charge is -2.12. The number of aryl methyl sites for hydroxylation is 1. The van der Waals surface area contributed by atoms with Gasteiger partial charge >= 0.3 is 0 Å². The Labute approximate surface area is 254 Å². The van der Waals surface area contributed by atoms with Gasteiger partial charge in [0.05, 0.1) is 23.9 Å². The van der Waals surface area contributed by atoms with Crippen LogP contribution in [0.2, 0.25) is 0 Å². The van der Waals surface area contributed by atoms with Gasteiger partial charge in [-0.25, -0.2) is 0 Å². The standard InChI is InChI=1S/C31H25BrN4O5S/c1-20-8-11-24(12-9-20)34-29(38)19-41-27-7-3-2-5-21(27)16-28-30(39)36(18-25-6-4-14-40-25)31(42-28)35-33-17-22-15-23(32)10-13-26(22)37/h2-17,37H,18-19H2,1H3,(H,34,38)/b28-16-,33-17-,35-31+. The van der Waals surface area contributed by atoms with Gasteiger partial charge in [-0.1, -0.05) is 51.8 Å². The van der Waals surface area contributed by atoms with Gasteiger partial charge in [-0.15, -0.1) is 5.10 Å². The molecule has 9 nitrogen and oxygen atoms in total. The highest BCUT2D eigenvalue weighted by molar-refractivity contribution is 9.10. The van der Waals surface area contributed by atoms with Crippen LogP contribution in [0.25, 0.3) is 6.08 Å². The van der Waals surface area contributed by atoms with Crippen LogP contribution in [0.15, 0.2) is 109 Å². The number of halogens is 1. The van der Waals surface area contributed by atoms with Crippen molar-refractivity contribution in [1.82, 2.24) is 4.90 Å². The van der Waals surface area contributed by atoms with Gasteiger partial charge in [0.15, 0.2) is 11.8 Å². The van der Waals surface area contributed by atoms with Crippen LogP contribution in [0.4, 0.5) is 5.69 Å². The van der Waals surface area contributed by atoms with Crippen LogP contribution in [-0.4, -0.2) is 39.8 Å². The first-order chi connectivity index (χ1) is 20.4. The molecule has 2 amide bonds. The molecule has 0 aliphatic carbocycles. The van der Waals surface area contributed by atoms with Gasteiger partial charge in [0.25, 0.3) is 11.8 Å². The van der Waals surface area contributed by atoms with Crippen LogP contribution in [-0.2, 0) is 16.1 Å². The summed E-state index contributed by atoms with van der Waals surface area (Å²) in [4.78, 5) is 27.8. The molecule has 42 heavy (non-hydrogen) atoms. The van der Waals surface area contributed by atoms with E-state index < -0.39 is 0 Å². The summed E-state index contributed by atoms with van der Waals surface area (Å²) in [7, 11) is 0. The lowest BCUT2D eigenvalue weighted by atomic mass is 10.2. The lowest BCUT2D eigenvalue weighted by Crippen LogP contribution is -2.28. The molecule has 1 aromatic heterocycles. The fourth-order valence-electron chi connectivity index (χ4n) is 3.90. The van der Waals surface area contributed by atoms with E-state index in [1.54, 1.807) is 54.6 Å². The molecule has 5 rings (SSSR count). The third kappa shape index (κ3) is 7.36. The topological polar surface area (TPSA) is 117 Å². The molecule has 0 bridgehead atoms. The quantitative estimate of drug-likeness (QED) is 0.121. The summed E-state index contributed by atoms with van der Waals surface area (Å²) in [5.41, 5.74) is 2.86. The fraction of sp³-hybridized carbons (Fsp3) is 0.0968. The Balaban J connectivity index is 1.35. The molecular weight excluding hydrogens is 620 g/mol. The number of phenolic OH excluding ortho intramolecular Hbond substituents is 1. The van der Waals surface area contributed by atoms with Gasteiger partial charge in [0.2, 0.25) is 0 Å². The number of nitrogens with zero attached hydrogens (tertiary/aromatic N) is 3. The van der Waals surface area contributed by atoms with Crippen LogP contribution in [0.5, 0.6) is 11.5 Å². The summed E-state index contributed by atoms with van der Waals surface area (Å²) in [6.45, 7) is 1.93. The first kappa shape index (κ1) is 28.9. The molecule has 0 atom stereocenters. The summed E-state index contributed by atoms with van der Waals surface area (Å²) >= 11 is 4.52. The molecule has 0 saturated carbocycles. The molecule has 0 unspecified atom stereocenters. The number of benzene rings is 3. The van der Waals surface area contributed by atoms with Gasteiger partial charge in [-0.3, -0.25) is 14.5 Å². The number of nitrogens with one attached hydrogen (secondary N) is 1. The zero-order chi connectivity index (χ0) is 29.5. The Morgan fingerprint density at radius 1 is 1.10 bits per heavy atom. The van der Waals surface area contributed by atoms with Crippen LogP contribution in [0, 0.1) is 6.92 Å². The summed E-state index contributed by atoms with van der Waals surface area (Å²) in [6.07, 6.45) is 4.64. The largest absolute Gasteiger partial charge is 0.507 e. The maximum atomic E-state index is 13.5. The number of aromatic hydroxyl groups is 1. The van der Waals surface area contributed by atoms with Crippen molar-refractivity contribution in [3.05, 3.63) is 117 Å². The Hall–Kier alpha value is -4.61. The van der Waals surface area contributed by atoms with Crippen LogP contribution in [0.3, 0.4) is 0 Å². The van der Waals surface area contributed by atoms with Crippen molar-refractivity contribution in [2.75, 3.05) is 11.9 Å². The number of furan rings is 1. The highest BCUT2D eigenvalue weighted by Crippen LogP contribution is 2.35. The second-order valence-corrected chi connectivity index (χ2v) is 11.1. The molecule has 1 fully saturated rings. The van der Waals surface area contributed by atoms with Crippen molar-refractivity contribution < 1.29 is 23.8 Å². The predicted molar refractivity (Wildman–Crippen MR) is 167 cm³/mol. The second kappa shape index (κ2) is 13.4. The number of hydrogen-bond donors (Lipinski definition) is 2. The number of amidine groups is 1. The fourth-order valence-corrected chi connectivity index (χ4v) is 5.20. The minimum absolute atomic E-state index is 0.0504. The van der Waals surface area contributed by atoms with Crippen molar-refractivity contribution in [3.63, 3.8) is 0 Å². The molecule has 0 spiro atoms. The molecule has 4 aromatic rings. The van der Waals surface area contributed by atoms with Crippen molar-refractivity contribution in [2.24, 2.45) is 10.2 Å². The first-order valence-electron chi connectivity index (χ1n) is 12.8. The zero-order valence-corrected chi connectivity index (χ0v) is 24.8. The van der Waals surface area contributed by atoms with E-state index in [0.717, 1.165) is 21.8 Å². The van der Waals surface area contributed by atoms with Crippen LogP contribution in [0.1, 0.15) is 22.5 Å².